The van der Waals surface area contributed by atoms with E-state index in [2.05, 4.69) is 5.32 Å². The van der Waals surface area contributed by atoms with Crippen LogP contribution in [0.1, 0.15) is 37.4 Å². The monoisotopic (exact) mass is 466 g/mol. The first kappa shape index (κ1) is 22.3. The van der Waals surface area contributed by atoms with E-state index >= 15 is 0 Å². The van der Waals surface area contributed by atoms with E-state index in [4.69, 9.17) is 10.5 Å². The normalized spacial score (nSPS) is 11.5. The van der Waals surface area contributed by atoms with Crippen molar-refractivity contribution < 1.29 is 18.7 Å². The van der Waals surface area contributed by atoms with Crippen LogP contribution in [0.4, 0.5) is 4.39 Å². The fourth-order valence-corrected chi connectivity index (χ4v) is 4.53. The van der Waals surface area contributed by atoms with Gasteiger partial charge in [0.1, 0.15) is 0 Å². The van der Waals surface area contributed by atoms with E-state index in [0.29, 0.717) is 35.2 Å². The quantitative estimate of drug-likeness (QED) is 0.365. The summed E-state index contributed by atoms with van der Waals surface area (Å²) in [6, 6.07) is 23.5. The molecule has 0 heterocycles. The summed E-state index contributed by atoms with van der Waals surface area (Å²) < 4.78 is 19.4. The van der Waals surface area contributed by atoms with Gasteiger partial charge in [0.2, 0.25) is 5.91 Å². The minimum absolute atomic E-state index is 0.140. The summed E-state index contributed by atoms with van der Waals surface area (Å²) in [5.74, 6) is -1.09. The van der Waals surface area contributed by atoms with Crippen LogP contribution in [0, 0.1) is 5.82 Å². The minimum Gasteiger partial charge on any atom is -0.494 e. The predicted molar refractivity (Wildman–Crippen MR) is 133 cm³/mol. The molecule has 5 rings (SSSR count). The lowest BCUT2D eigenvalue weighted by atomic mass is 9.93. The van der Waals surface area contributed by atoms with Crippen molar-refractivity contribution in [3.63, 3.8) is 0 Å². The molecule has 5 nitrogen and oxygen atoms in total. The molecule has 0 bridgehead atoms. The molecule has 0 atom stereocenters. The lowest BCUT2D eigenvalue weighted by molar-refractivity contribution is 0.0949. The number of methoxy groups -OCH3 is 1. The molecule has 2 amide bonds. The second-order valence-electron chi connectivity index (χ2n) is 8.48. The van der Waals surface area contributed by atoms with Gasteiger partial charge in [0.15, 0.2) is 11.6 Å². The Hall–Kier alpha value is -4.45. The van der Waals surface area contributed by atoms with Gasteiger partial charge < -0.3 is 15.8 Å². The Labute approximate surface area is 202 Å². The number of hydrogen-bond donors (Lipinski definition) is 2. The molecule has 0 saturated heterocycles. The van der Waals surface area contributed by atoms with Crippen molar-refractivity contribution in [1.82, 2.24) is 5.32 Å². The molecular weight excluding hydrogens is 443 g/mol. The van der Waals surface area contributed by atoms with Gasteiger partial charge in [-0.15, -0.1) is 0 Å². The van der Waals surface area contributed by atoms with Gasteiger partial charge in [-0.1, -0.05) is 42.5 Å². The van der Waals surface area contributed by atoms with Crippen molar-refractivity contribution >= 4 is 11.8 Å². The maximum Gasteiger partial charge on any atom is 0.251 e. The molecule has 1 aliphatic carbocycles. The lowest BCUT2D eigenvalue weighted by Crippen LogP contribution is -2.22. The highest BCUT2D eigenvalue weighted by Gasteiger charge is 2.25. The first-order chi connectivity index (χ1) is 16.9. The molecule has 0 aliphatic heterocycles. The van der Waals surface area contributed by atoms with Crippen molar-refractivity contribution in [3.8, 4) is 28.0 Å². The molecule has 0 spiro atoms. The van der Waals surface area contributed by atoms with Crippen LogP contribution in [0.5, 0.6) is 5.75 Å². The SMILES string of the molecule is COc1ccc(-c2cc(C(N)=O)c3c(c2)-c2cc(C(=O)NCc4ccccc4)ccc2C3)cc1F. The van der Waals surface area contributed by atoms with Crippen LogP contribution >= 0.6 is 0 Å². The first-order valence-electron chi connectivity index (χ1n) is 11.2. The van der Waals surface area contributed by atoms with Crippen molar-refractivity contribution in [2.75, 3.05) is 7.11 Å². The van der Waals surface area contributed by atoms with Crippen LogP contribution in [0.3, 0.4) is 0 Å². The standard InChI is InChI=1S/C29H23FN2O3/c1-35-27-10-9-18(15-26(27)30)21-13-23-22-12-20(29(34)32-16-17-5-3-2-4-6-17)8-7-19(22)11-24(23)25(14-21)28(31)33/h2-10,12-15H,11,16H2,1H3,(H2,31,33)(H,32,34). The first-order valence-corrected chi connectivity index (χ1v) is 11.2. The van der Waals surface area contributed by atoms with Crippen LogP contribution in [0.2, 0.25) is 0 Å². The Balaban J connectivity index is 1.52. The number of nitrogens with two attached hydrogens (primary N) is 1. The largest absolute Gasteiger partial charge is 0.494 e. The molecule has 4 aromatic carbocycles. The van der Waals surface area contributed by atoms with Gasteiger partial charge in [-0.3, -0.25) is 9.59 Å². The highest BCUT2D eigenvalue weighted by Crippen LogP contribution is 2.42. The number of ether oxygens (including phenoxy) is 1. The summed E-state index contributed by atoms with van der Waals surface area (Å²) in [5, 5.41) is 2.95. The Morgan fingerprint density at radius 3 is 2.46 bits per heavy atom. The lowest BCUT2D eigenvalue weighted by Gasteiger charge is -2.12. The number of hydrogen-bond acceptors (Lipinski definition) is 3. The van der Waals surface area contributed by atoms with Crippen molar-refractivity contribution in [1.29, 1.82) is 0 Å². The van der Waals surface area contributed by atoms with Crippen molar-refractivity contribution in [2.45, 2.75) is 13.0 Å². The summed E-state index contributed by atoms with van der Waals surface area (Å²) in [4.78, 5) is 25.2. The van der Waals surface area contributed by atoms with Gasteiger partial charge in [-0.25, -0.2) is 4.39 Å². The van der Waals surface area contributed by atoms with E-state index < -0.39 is 11.7 Å². The number of nitrogens with one attached hydrogen (secondary N) is 1. The van der Waals surface area contributed by atoms with E-state index in [0.717, 1.165) is 27.8 Å². The Morgan fingerprint density at radius 1 is 0.943 bits per heavy atom. The summed E-state index contributed by atoms with van der Waals surface area (Å²) in [6.07, 6.45) is 0.534. The predicted octanol–water partition coefficient (Wildman–Crippen LogP) is 5.10. The number of carbonyl (C=O) groups is 2. The van der Waals surface area contributed by atoms with Crippen LogP contribution in [-0.2, 0) is 13.0 Å². The molecule has 6 heteroatoms. The van der Waals surface area contributed by atoms with Gasteiger partial charge in [-0.2, -0.15) is 0 Å². The molecule has 1 aliphatic rings. The maximum atomic E-state index is 14.4. The molecule has 3 N–H and O–H groups in total. The van der Waals surface area contributed by atoms with E-state index in [-0.39, 0.29) is 11.7 Å². The number of amides is 2. The summed E-state index contributed by atoms with van der Waals surface area (Å²) >= 11 is 0. The zero-order valence-corrected chi connectivity index (χ0v) is 19.1. The second kappa shape index (κ2) is 9.06. The van der Waals surface area contributed by atoms with E-state index in [1.807, 2.05) is 48.5 Å². The number of fused-ring (bicyclic) bond motifs is 3. The Bertz CT molecular complexity index is 1460. The smallest absolute Gasteiger partial charge is 0.251 e. The summed E-state index contributed by atoms with van der Waals surface area (Å²) in [5.41, 5.74) is 12.4. The van der Waals surface area contributed by atoms with E-state index in [9.17, 15) is 14.0 Å². The highest BCUT2D eigenvalue weighted by molar-refractivity contribution is 6.01. The van der Waals surface area contributed by atoms with Crippen LogP contribution in [0.15, 0.2) is 78.9 Å². The number of rotatable bonds is 6. The van der Waals surface area contributed by atoms with Crippen molar-refractivity contribution in [2.24, 2.45) is 5.73 Å². The molecule has 0 unspecified atom stereocenters. The van der Waals surface area contributed by atoms with E-state index in [1.54, 1.807) is 24.3 Å². The third kappa shape index (κ3) is 4.26. The van der Waals surface area contributed by atoms with Crippen LogP contribution in [0.25, 0.3) is 22.3 Å². The topological polar surface area (TPSA) is 81.4 Å². The number of carbonyl (C=O) groups excluding carboxylic acids is 2. The van der Waals surface area contributed by atoms with Crippen LogP contribution < -0.4 is 15.8 Å². The number of primary amides is 1. The molecule has 4 aromatic rings. The minimum atomic E-state index is -0.550. The van der Waals surface area contributed by atoms with Gasteiger partial charge in [-0.05, 0) is 81.8 Å². The average Bonchev–Trinajstić information content (AvgIpc) is 3.25. The van der Waals surface area contributed by atoms with Gasteiger partial charge in [0.05, 0.1) is 7.11 Å². The Morgan fingerprint density at radius 2 is 1.74 bits per heavy atom. The summed E-state index contributed by atoms with van der Waals surface area (Å²) in [6.45, 7) is 0.423. The second-order valence-corrected chi connectivity index (χ2v) is 8.48. The summed E-state index contributed by atoms with van der Waals surface area (Å²) in [7, 11) is 1.41. The average molecular weight is 467 g/mol. The molecule has 0 fully saturated rings. The molecular formula is C29H23FN2O3. The van der Waals surface area contributed by atoms with Crippen molar-refractivity contribution in [3.05, 3.63) is 112 Å². The molecule has 35 heavy (non-hydrogen) atoms. The van der Waals surface area contributed by atoms with Crippen LogP contribution in [-0.4, -0.2) is 18.9 Å². The third-order valence-electron chi connectivity index (χ3n) is 6.33. The zero-order valence-electron chi connectivity index (χ0n) is 19.1. The molecule has 0 saturated carbocycles. The molecule has 174 valence electrons. The fraction of sp³-hybridized carbons (Fsp3) is 0.103. The Kier molecular flexibility index (Phi) is 5.79. The third-order valence-corrected chi connectivity index (χ3v) is 6.33. The van der Waals surface area contributed by atoms with Gasteiger partial charge in [0, 0.05) is 17.7 Å². The molecule has 0 aromatic heterocycles. The zero-order chi connectivity index (χ0) is 24.5. The number of benzene rings is 4. The maximum absolute atomic E-state index is 14.4. The molecule has 0 radical (unpaired) electrons. The van der Waals surface area contributed by atoms with Gasteiger partial charge in [0.25, 0.3) is 5.91 Å². The highest BCUT2D eigenvalue weighted by atomic mass is 19.1. The van der Waals surface area contributed by atoms with E-state index in [1.165, 1.54) is 13.2 Å². The number of halogens is 1. The fourth-order valence-electron chi connectivity index (χ4n) is 4.53. The van der Waals surface area contributed by atoms with Gasteiger partial charge >= 0.3 is 0 Å².